The van der Waals surface area contributed by atoms with Crippen LogP contribution in [-0.4, -0.2) is 24.0 Å². The molecule has 0 bridgehead atoms. The van der Waals surface area contributed by atoms with Crippen LogP contribution in [0, 0.1) is 11.8 Å². The van der Waals surface area contributed by atoms with Gasteiger partial charge >= 0.3 is 5.97 Å². The van der Waals surface area contributed by atoms with Crippen molar-refractivity contribution >= 4 is 17.6 Å². The van der Waals surface area contributed by atoms with Gasteiger partial charge in [-0.25, -0.2) is 0 Å². The predicted octanol–water partition coefficient (Wildman–Crippen LogP) is 3.27. The van der Waals surface area contributed by atoms with Gasteiger partial charge in [0, 0.05) is 18.7 Å². The minimum absolute atomic E-state index is 0.0241. The fraction of sp³-hybridized carbons (Fsp3) is 0.529. The first-order valence-electron chi connectivity index (χ1n) is 7.50. The Hall–Kier alpha value is -1.84. The SMILES string of the molecule is CC(C)c1ccc(N(C)C(=O)[C@@H]2CC[C@H](C(=O)O)C2)cc1. The molecule has 0 saturated heterocycles. The van der Waals surface area contributed by atoms with E-state index in [9.17, 15) is 9.59 Å². The first kappa shape index (κ1) is 15.5. The largest absolute Gasteiger partial charge is 0.481 e. The topological polar surface area (TPSA) is 57.6 Å². The van der Waals surface area contributed by atoms with Gasteiger partial charge in [0.2, 0.25) is 5.91 Å². The molecule has 2 atom stereocenters. The molecule has 0 heterocycles. The standard InChI is InChI=1S/C17H23NO3/c1-11(2)12-6-8-15(9-7-12)18(3)16(19)13-4-5-14(10-13)17(20)21/h6-9,11,13-14H,4-5,10H2,1-3H3,(H,20,21)/t13-,14+/m1/s1. The number of carboxylic acids is 1. The molecule has 1 aromatic rings. The molecule has 21 heavy (non-hydrogen) atoms. The van der Waals surface area contributed by atoms with Crippen LogP contribution in [0.3, 0.4) is 0 Å². The van der Waals surface area contributed by atoms with Crippen molar-refractivity contribution in [1.82, 2.24) is 0 Å². The fourth-order valence-corrected chi connectivity index (χ4v) is 2.91. The Morgan fingerprint density at radius 3 is 2.19 bits per heavy atom. The van der Waals surface area contributed by atoms with Crippen molar-refractivity contribution < 1.29 is 14.7 Å². The highest BCUT2D eigenvalue weighted by molar-refractivity contribution is 5.95. The Labute approximate surface area is 125 Å². The average Bonchev–Trinajstić information content (AvgIpc) is 2.96. The van der Waals surface area contributed by atoms with Gasteiger partial charge in [-0.2, -0.15) is 0 Å². The second kappa shape index (κ2) is 6.29. The van der Waals surface area contributed by atoms with Crippen LogP contribution in [0.1, 0.15) is 44.6 Å². The lowest BCUT2D eigenvalue weighted by atomic mass is 10.0. The van der Waals surface area contributed by atoms with Crippen LogP contribution < -0.4 is 4.90 Å². The quantitative estimate of drug-likeness (QED) is 0.925. The number of nitrogens with zero attached hydrogens (tertiary/aromatic N) is 1. The number of benzene rings is 1. The Bertz CT molecular complexity index is 521. The van der Waals surface area contributed by atoms with Crippen molar-refractivity contribution in [2.75, 3.05) is 11.9 Å². The van der Waals surface area contributed by atoms with E-state index < -0.39 is 5.97 Å². The van der Waals surface area contributed by atoms with Crippen molar-refractivity contribution in [3.63, 3.8) is 0 Å². The van der Waals surface area contributed by atoms with Crippen LogP contribution in [0.5, 0.6) is 0 Å². The Morgan fingerprint density at radius 2 is 1.71 bits per heavy atom. The molecular formula is C17H23NO3. The normalized spacial score (nSPS) is 21.5. The molecule has 4 heteroatoms. The molecule has 0 unspecified atom stereocenters. The third kappa shape index (κ3) is 3.43. The van der Waals surface area contributed by atoms with Gasteiger partial charge in [-0.05, 0) is 42.9 Å². The highest BCUT2D eigenvalue weighted by Crippen LogP contribution is 2.33. The molecule has 114 valence electrons. The third-order valence-electron chi connectivity index (χ3n) is 4.41. The minimum Gasteiger partial charge on any atom is -0.481 e. The van der Waals surface area contributed by atoms with Gasteiger partial charge in [-0.1, -0.05) is 26.0 Å². The summed E-state index contributed by atoms with van der Waals surface area (Å²) in [5.41, 5.74) is 2.11. The summed E-state index contributed by atoms with van der Waals surface area (Å²) in [4.78, 5) is 25.1. The van der Waals surface area contributed by atoms with Crippen LogP contribution in [-0.2, 0) is 9.59 Å². The highest BCUT2D eigenvalue weighted by Gasteiger charge is 2.35. The molecule has 0 aliphatic heterocycles. The molecule has 0 spiro atoms. The summed E-state index contributed by atoms with van der Waals surface area (Å²) in [7, 11) is 1.76. The zero-order chi connectivity index (χ0) is 15.6. The van der Waals surface area contributed by atoms with Crippen LogP contribution >= 0.6 is 0 Å². The molecule has 1 aliphatic rings. The summed E-state index contributed by atoms with van der Waals surface area (Å²) in [6.07, 6.45) is 1.73. The lowest BCUT2D eigenvalue weighted by molar-refractivity contribution is -0.141. The van der Waals surface area contributed by atoms with Crippen molar-refractivity contribution in [3.05, 3.63) is 29.8 Å². The maximum atomic E-state index is 12.5. The second-order valence-electron chi connectivity index (χ2n) is 6.19. The number of carbonyl (C=O) groups is 2. The van der Waals surface area contributed by atoms with Crippen molar-refractivity contribution in [2.45, 2.75) is 39.0 Å². The number of carboxylic acid groups (broad SMARTS) is 1. The molecule has 1 N–H and O–H groups in total. The van der Waals surface area contributed by atoms with E-state index in [0.717, 1.165) is 5.69 Å². The van der Waals surface area contributed by atoms with E-state index >= 15 is 0 Å². The first-order valence-corrected chi connectivity index (χ1v) is 7.50. The van der Waals surface area contributed by atoms with Crippen LogP contribution in [0.15, 0.2) is 24.3 Å². The molecule has 4 nitrogen and oxygen atoms in total. The molecule has 1 saturated carbocycles. The van der Waals surface area contributed by atoms with Crippen LogP contribution in [0.25, 0.3) is 0 Å². The summed E-state index contributed by atoms with van der Waals surface area (Å²) in [6, 6.07) is 7.99. The van der Waals surface area contributed by atoms with E-state index in [1.54, 1.807) is 11.9 Å². The zero-order valence-electron chi connectivity index (χ0n) is 12.9. The van der Waals surface area contributed by atoms with E-state index in [1.165, 1.54) is 5.56 Å². The maximum absolute atomic E-state index is 12.5. The Morgan fingerprint density at radius 1 is 1.14 bits per heavy atom. The van der Waals surface area contributed by atoms with Crippen LogP contribution in [0.2, 0.25) is 0 Å². The van der Waals surface area contributed by atoms with E-state index in [4.69, 9.17) is 5.11 Å². The average molecular weight is 289 g/mol. The lowest BCUT2D eigenvalue weighted by Crippen LogP contribution is -2.32. The number of rotatable bonds is 4. The predicted molar refractivity (Wildman–Crippen MR) is 82.4 cm³/mol. The van der Waals surface area contributed by atoms with E-state index in [-0.39, 0.29) is 17.7 Å². The van der Waals surface area contributed by atoms with Gasteiger partial charge in [-0.3, -0.25) is 9.59 Å². The molecule has 1 aliphatic carbocycles. The number of hydrogen-bond donors (Lipinski definition) is 1. The van der Waals surface area contributed by atoms with Gasteiger partial charge in [0.25, 0.3) is 0 Å². The minimum atomic E-state index is -0.783. The number of amides is 1. The first-order chi connectivity index (χ1) is 9.90. The molecule has 0 radical (unpaired) electrons. The van der Waals surface area contributed by atoms with Crippen molar-refractivity contribution in [3.8, 4) is 0 Å². The van der Waals surface area contributed by atoms with E-state index in [0.29, 0.717) is 25.2 Å². The molecule has 1 amide bonds. The summed E-state index contributed by atoms with van der Waals surface area (Å²) >= 11 is 0. The summed E-state index contributed by atoms with van der Waals surface area (Å²) in [6.45, 7) is 4.27. The second-order valence-corrected chi connectivity index (χ2v) is 6.19. The van der Waals surface area contributed by atoms with Gasteiger partial charge in [0.1, 0.15) is 0 Å². The molecule has 1 fully saturated rings. The van der Waals surface area contributed by atoms with Gasteiger partial charge in [0.05, 0.1) is 5.92 Å². The zero-order valence-corrected chi connectivity index (χ0v) is 12.9. The number of hydrogen-bond acceptors (Lipinski definition) is 2. The molecule has 2 rings (SSSR count). The Balaban J connectivity index is 2.04. The number of anilines is 1. The molecule has 1 aromatic carbocycles. The van der Waals surface area contributed by atoms with Gasteiger partial charge in [-0.15, -0.1) is 0 Å². The number of carbonyl (C=O) groups excluding carboxylic acids is 1. The smallest absolute Gasteiger partial charge is 0.306 e. The molecule has 0 aromatic heterocycles. The van der Waals surface area contributed by atoms with E-state index in [1.807, 2.05) is 24.3 Å². The van der Waals surface area contributed by atoms with Crippen LogP contribution in [0.4, 0.5) is 5.69 Å². The summed E-state index contributed by atoms with van der Waals surface area (Å²) in [5.74, 6) is -0.826. The lowest BCUT2D eigenvalue weighted by Gasteiger charge is -2.21. The molecular weight excluding hydrogens is 266 g/mol. The highest BCUT2D eigenvalue weighted by atomic mass is 16.4. The monoisotopic (exact) mass is 289 g/mol. The summed E-state index contributed by atoms with van der Waals surface area (Å²) < 4.78 is 0. The Kier molecular flexibility index (Phi) is 4.66. The third-order valence-corrected chi connectivity index (χ3v) is 4.41. The number of aliphatic carboxylic acids is 1. The fourth-order valence-electron chi connectivity index (χ4n) is 2.91. The van der Waals surface area contributed by atoms with Gasteiger partial charge < -0.3 is 10.0 Å². The van der Waals surface area contributed by atoms with Crippen molar-refractivity contribution in [2.24, 2.45) is 11.8 Å². The van der Waals surface area contributed by atoms with Crippen molar-refractivity contribution in [1.29, 1.82) is 0 Å². The maximum Gasteiger partial charge on any atom is 0.306 e. The van der Waals surface area contributed by atoms with Gasteiger partial charge in [0.15, 0.2) is 0 Å². The van der Waals surface area contributed by atoms with E-state index in [2.05, 4.69) is 13.8 Å². The summed E-state index contributed by atoms with van der Waals surface area (Å²) in [5, 5.41) is 9.03.